The van der Waals surface area contributed by atoms with Gasteiger partial charge in [-0.05, 0) is 58.7 Å². The number of aryl methyl sites for hydroxylation is 2. The minimum atomic E-state index is -0.328. The van der Waals surface area contributed by atoms with Crippen LogP contribution in [0.1, 0.15) is 67.8 Å². The Kier molecular flexibility index (Phi) is 7.20. The van der Waals surface area contributed by atoms with E-state index in [1.54, 1.807) is 0 Å². The molecule has 0 atom stereocenters. The molecule has 4 rings (SSSR count). The maximum atomic E-state index is 10.2. The summed E-state index contributed by atoms with van der Waals surface area (Å²) in [6.07, 6.45) is 1.01. The van der Waals surface area contributed by atoms with E-state index in [1.165, 1.54) is 27.9 Å². The van der Waals surface area contributed by atoms with Crippen molar-refractivity contribution >= 4 is 34.6 Å². The van der Waals surface area contributed by atoms with Gasteiger partial charge in [0, 0.05) is 28.0 Å². The molecule has 0 bridgehead atoms. The van der Waals surface area contributed by atoms with E-state index < -0.39 is 0 Å². The number of benzene rings is 1. The van der Waals surface area contributed by atoms with Crippen LogP contribution in [-0.4, -0.2) is 32.0 Å². The van der Waals surface area contributed by atoms with Gasteiger partial charge in [-0.3, -0.25) is 14.4 Å². The number of aliphatic imine (C=N–C) groups is 1. The van der Waals surface area contributed by atoms with Crippen LogP contribution in [0.15, 0.2) is 29.3 Å². The summed E-state index contributed by atoms with van der Waals surface area (Å²) in [5.74, 6) is 1.57. The number of carbonyl (C=O) groups excluding carboxylic acids is 1. The molecule has 3 heterocycles. The number of esters is 1. The van der Waals surface area contributed by atoms with E-state index in [1.807, 2.05) is 63.3 Å². The fourth-order valence-corrected chi connectivity index (χ4v) is 5.03. The first kappa shape index (κ1) is 24.1. The Hall–Kier alpha value is -2.51. The van der Waals surface area contributed by atoms with Crippen LogP contribution in [0.25, 0.3) is 5.00 Å². The molecule has 0 aliphatic carbocycles. The number of ether oxygens (including phenoxy) is 1. The van der Waals surface area contributed by atoms with Gasteiger partial charge in [0.2, 0.25) is 0 Å². The molecule has 6 nitrogen and oxygen atoms in total. The first-order valence-corrected chi connectivity index (χ1v) is 11.7. The number of aromatic nitrogens is 3. The fourth-order valence-electron chi connectivity index (χ4n) is 3.59. The van der Waals surface area contributed by atoms with Crippen molar-refractivity contribution in [3.63, 3.8) is 0 Å². The van der Waals surface area contributed by atoms with Gasteiger partial charge in [-0.1, -0.05) is 30.7 Å². The molecule has 32 heavy (non-hydrogen) atoms. The number of halogens is 1. The van der Waals surface area contributed by atoms with Gasteiger partial charge in [0.15, 0.2) is 5.82 Å². The standard InChI is InChI=1S/C18H17ClN4S.C6H12O2/c1-4-14-10(2)16-17(12-5-7-13(19)8-6-12)20-9-15-22-21-11(3)23(15)18(16)24-14;1-5(7)8-6(2,3)4/h5-8H,4,9H2,1-3H3;1-4H3. The van der Waals surface area contributed by atoms with Gasteiger partial charge in [0.1, 0.15) is 23.0 Å². The zero-order valence-electron chi connectivity index (χ0n) is 19.6. The summed E-state index contributed by atoms with van der Waals surface area (Å²) in [7, 11) is 0. The normalized spacial score (nSPS) is 12.7. The van der Waals surface area contributed by atoms with Crippen LogP contribution >= 0.6 is 22.9 Å². The largest absolute Gasteiger partial charge is 0.460 e. The first-order chi connectivity index (χ1) is 15.0. The number of nitrogens with zero attached hydrogens (tertiary/aromatic N) is 4. The first-order valence-electron chi connectivity index (χ1n) is 10.6. The van der Waals surface area contributed by atoms with Crippen molar-refractivity contribution in [1.82, 2.24) is 14.8 Å². The lowest BCUT2D eigenvalue weighted by atomic mass is 9.99. The molecule has 1 aromatic carbocycles. The third-order valence-corrected chi connectivity index (χ3v) is 6.50. The molecule has 0 saturated carbocycles. The summed E-state index contributed by atoms with van der Waals surface area (Å²) in [5.41, 5.74) is 4.26. The van der Waals surface area contributed by atoms with Crippen LogP contribution in [0.2, 0.25) is 5.02 Å². The van der Waals surface area contributed by atoms with E-state index in [4.69, 9.17) is 21.3 Å². The molecule has 0 N–H and O–H groups in total. The monoisotopic (exact) mass is 472 g/mol. The molecule has 0 amide bonds. The molecule has 0 spiro atoms. The average molecular weight is 473 g/mol. The lowest BCUT2D eigenvalue weighted by molar-refractivity contribution is -0.151. The maximum absolute atomic E-state index is 10.2. The van der Waals surface area contributed by atoms with E-state index in [0.29, 0.717) is 6.54 Å². The van der Waals surface area contributed by atoms with Crippen molar-refractivity contribution in [3.8, 4) is 5.00 Å². The number of fused-ring (bicyclic) bond motifs is 3. The van der Waals surface area contributed by atoms with Crippen molar-refractivity contribution in [3.05, 3.63) is 62.5 Å². The third-order valence-electron chi connectivity index (χ3n) is 4.83. The highest BCUT2D eigenvalue weighted by molar-refractivity contribution is 7.15. The summed E-state index contributed by atoms with van der Waals surface area (Å²) in [5, 5.41) is 10.5. The molecule has 0 fully saturated rings. The Balaban J connectivity index is 0.000000312. The summed E-state index contributed by atoms with van der Waals surface area (Å²) in [6, 6.07) is 7.90. The smallest absolute Gasteiger partial charge is 0.303 e. The van der Waals surface area contributed by atoms with Crippen molar-refractivity contribution < 1.29 is 9.53 Å². The molecular formula is C24H29ClN4O2S. The lowest BCUT2D eigenvalue weighted by Crippen LogP contribution is -2.21. The van der Waals surface area contributed by atoms with Gasteiger partial charge in [-0.2, -0.15) is 0 Å². The number of carbonyl (C=O) groups is 1. The number of thiophene rings is 1. The van der Waals surface area contributed by atoms with E-state index in [9.17, 15) is 4.79 Å². The van der Waals surface area contributed by atoms with E-state index in [-0.39, 0.29) is 11.6 Å². The summed E-state index contributed by atoms with van der Waals surface area (Å²) in [4.78, 5) is 16.5. The zero-order valence-corrected chi connectivity index (χ0v) is 21.2. The van der Waals surface area contributed by atoms with Gasteiger partial charge < -0.3 is 4.74 Å². The Morgan fingerprint density at radius 3 is 2.38 bits per heavy atom. The summed E-state index contributed by atoms with van der Waals surface area (Å²) in [6.45, 7) is 13.8. The highest BCUT2D eigenvalue weighted by Crippen LogP contribution is 2.37. The second-order valence-corrected chi connectivity index (χ2v) is 10.1. The molecule has 2 aromatic heterocycles. The van der Waals surface area contributed by atoms with E-state index in [2.05, 4.69) is 28.6 Å². The van der Waals surface area contributed by atoms with Gasteiger partial charge in [-0.15, -0.1) is 21.5 Å². The van der Waals surface area contributed by atoms with Crippen LogP contribution in [0.3, 0.4) is 0 Å². The second-order valence-electron chi connectivity index (χ2n) is 8.56. The Bertz CT molecular complexity index is 1150. The van der Waals surface area contributed by atoms with Crippen molar-refractivity contribution in [1.29, 1.82) is 0 Å². The van der Waals surface area contributed by atoms with Crippen molar-refractivity contribution in [2.75, 3.05) is 0 Å². The average Bonchev–Trinajstić information content (AvgIpc) is 3.16. The van der Waals surface area contributed by atoms with Crippen molar-refractivity contribution in [2.45, 2.75) is 67.0 Å². The van der Waals surface area contributed by atoms with Crippen LogP contribution in [-0.2, 0) is 22.5 Å². The molecule has 170 valence electrons. The predicted octanol–water partition coefficient (Wildman–Crippen LogP) is 5.86. The van der Waals surface area contributed by atoms with Gasteiger partial charge in [0.25, 0.3) is 0 Å². The van der Waals surface area contributed by atoms with Crippen LogP contribution in [0, 0.1) is 13.8 Å². The van der Waals surface area contributed by atoms with Gasteiger partial charge in [-0.25, -0.2) is 0 Å². The zero-order chi connectivity index (χ0) is 23.6. The molecule has 0 saturated heterocycles. The summed E-state index contributed by atoms with van der Waals surface area (Å²) >= 11 is 7.87. The van der Waals surface area contributed by atoms with Crippen LogP contribution in [0.4, 0.5) is 0 Å². The molecule has 3 aromatic rings. The lowest BCUT2D eigenvalue weighted by Gasteiger charge is -2.17. The second kappa shape index (κ2) is 9.55. The maximum Gasteiger partial charge on any atom is 0.303 e. The third kappa shape index (κ3) is 5.27. The number of hydrogen-bond acceptors (Lipinski definition) is 6. The SMILES string of the molecule is CC(=O)OC(C)(C)C.CCc1sc2c(c1C)C(c1ccc(Cl)cc1)=NCc1nnc(C)n1-2. The molecule has 1 aliphatic rings. The number of rotatable bonds is 2. The minimum absolute atomic E-state index is 0.225. The predicted molar refractivity (Wildman–Crippen MR) is 130 cm³/mol. The molecule has 8 heteroatoms. The molecule has 0 unspecified atom stereocenters. The minimum Gasteiger partial charge on any atom is -0.460 e. The number of hydrogen-bond donors (Lipinski definition) is 0. The van der Waals surface area contributed by atoms with Crippen LogP contribution in [0.5, 0.6) is 0 Å². The molecule has 0 radical (unpaired) electrons. The fraction of sp³-hybridized carbons (Fsp3) is 0.417. The highest BCUT2D eigenvalue weighted by atomic mass is 35.5. The van der Waals surface area contributed by atoms with Crippen LogP contribution < -0.4 is 0 Å². The molecule has 1 aliphatic heterocycles. The van der Waals surface area contributed by atoms with E-state index in [0.717, 1.165) is 34.4 Å². The van der Waals surface area contributed by atoms with Gasteiger partial charge in [0.05, 0.1) is 5.71 Å². The topological polar surface area (TPSA) is 69.4 Å². The van der Waals surface area contributed by atoms with Crippen molar-refractivity contribution in [2.24, 2.45) is 4.99 Å². The molecular weight excluding hydrogens is 444 g/mol. The quantitative estimate of drug-likeness (QED) is 0.438. The Morgan fingerprint density at radius 1 is 1.19 bits per heavy atom. The Labute approximate surface area is 198 Å². The summed E-state index contributed by atoms with van der Waals surface area (Å²) < 4.78 is 6.95. The van der Waals surface area contributed by atoms with Gasteiger partial charge >= 0.3 is 5.97 Å². The highest BCUT2D eigenvalue weighted by Gasteiger charge is 2.26. The van der Waals surface area contributed by atoms with E-state index >= 15 is 0 Å². The Morgan fingerprint density at radius 2 is 1.84 bits per heavy atom.